The summed E-state index contributed by atoms with van der Waals surface area (Å²) in [6.07, 6.45) is 0. The van der Waals surface area contributed by atoms with Crippen LogP contribution in [-0.4, -0.2) is 25.6 Å². The van der Waals surface area contributed by atoms with E-state index in [0.29, 0.717) is 44.9 Å². The van der Waals surface area contributed by atoms with Gasteiger partial charge in [-0.3, -0.25) is 14.9 Å². The molecule has 1 aromatic heterocycles. The fraction of sp³-hybridized carbons (Fsp3) is 0.0800. The van der Waals surface area contributed by atoms with Gasteiger partial charge in [0, 0.05) is 29.1 Å². The highest BCUT2D eigenvalue weighted by atomic mass is 35.5. The summed E-state index contributed by atoms with van der Waals surface area (Å²) in [5.74, 6) is 0.398. The quantitative estimate of drug-likeness (QED) is 0.287. The van der Waals surface area contributed by atoms with Gasteiger partial charge >= 0.3 is 0 Å². The standard InChI is InChI=1S/C25H19ClN6O3/c1-15-21(24(33)28-17-9-3-2-4-10-17)22(16-8-7-11-18(14-16)32(34)35)31-25(27-15)29-23(30-31)19-12-5-6-13-20(19)26/h2-14,22H,1H3,(H,28,33)(H,27,29,30). The molecule has 0 radical (unpaired) electrons. The van der Waals surface area contributed by atoms with Crippen LogP contribution in [0.4, 0.5) is 17.3 Å². The van der Waals surface area contributed by atoms with Crippen LogP contribution in [0.25, 0.3) is 11.4 Å². The third-order valence-corrected chi connectivity index (χ3v) is 5.97. The summed E-state index contributed by atoms with van der Waals surface area (Å²) in [5.41, 5.74) is 2.60. The van der Waals surface area contributed by atoms with Gasteiger partial charge in [0.05, 0.1) is 15.5 Å². The molecule has 1 aliphatic rings. The van der Waals surface area contributed by atoms with Crippen LogP contribution in [0.15, 0.2) is 90.1 Å². The number of hydrogen-bond acceptors (Lipinski definition) is 6. The van der Waals surface area contributed by atoms with Gasteiger partial charge in [0.2, 0.25) is 5.95 Å². The molecule has 4 aromatic rings. The predicted octanol–water partition coefficient (Wildman–Crippen LogP) is 5.43. The van der Waals surface area contributed by atoms with E-state index in [1.54, 1.807) is 48.0 Å². The lowest BCUT2D eigenvalue weighted by molar-refractivity contribution is -0.384. The second-order valence-corrected chi connectivity index (χ2v) is 8.33. The lowest BCUT2D eigenvalue weighted by Gasteiger charge is -2.28. The van der Waals surface area contributed by atoms with Gasteiger partial charge in [-0.05, 0) is 36.8 Å². The van der Waals surface area contributed by atoms with Crippen LogP contribution in [-0.2, 0) is 4.79 Å². The van der Waals surface area contributed by atoms with Crippen molar-refractivity contribution in [2.45, 2.75) is 13.0 Å². The first kappa shape index (κ1) is 22.3. The van der Waals surface area contributed by atoms with Crippen molar-refractivity contribution >= 4 is 34.8 Å². The molecule has 2 heterocycles. The molecule has 0 saturated carbocycles. The second kappa shape index (κ2) is 9.03. The average molecular weight is 487 g/mol. The van der Waals surface area contributed by atoms with Gasteiger partial charge < -0.3 is 10.6 Å². The summed E-state index contributed by atoms with van der Waals surface area (Å²) in [5, 5.41) is 22.7. The number of carbonyl (C=O) groups is 1. The molecule has 174 valence electrons. The Balaban J connectivity index is 1.65. The molecular weight excluding hydrogens is 468 g/mol. The molecule has 0 bridgehead atoms. The van der Waals surface area contributed by atoms with E-state index in [4.69, 9.17) is 11.6 Å². The van der Waals surface area contributed by atoms with Crippen molar-refractivity contribution in [3.63, 3.8) is 0 Å². The molecule has 0 spiro atoms. The van der Waals surface area contributed by atoms with Crippen molar-refractivity contribution in [3.8, 4) is 11.4 Å². The zero-order valence-corrected chi connectivity index (χ0v) is 19.2. The topological polar surface area (TPSA) is 115 Å². The van der Waals surface area contributed by atoms with Crippen molar-refractivity contribution in [1.29, 1.82) is 0 Å². The summed E-state index contributed by atoms with van der Waals surface area (Å²) in [6, 6.07) is 21.6. The van der Waals surface area contributed by atoms with Crippen molar-refractivity contribution in [2.24, 2.45) is 0 Å². The maximum atomic E-state index is 13.5. The van der Waals surface area contributed by atoms with E-state index >= 15 is 0 Å². The maximum Gasteiger partial charge on any atom is 0.269 e. The van der Waals surface area contributed by atoms with E-state index in [-0.39, 0.29) is 11.6 Å². The SMILES string of the molecule is CC1=C(C(=O)Nc2ccccc2)C(c2cccc([N+](=O)[O-])c2)n2nc(-c3ccccc3Cl)nc2N1. The van der Waals surface area contributed by atoms with E-state index < -0.39 is 11.0 Å². The van der Waals surface area contributed by atoms with Crippen LogP contribution in [0.1, 0.15) is 18.5 Å². The Kier molecular flexibility index (Phi) is 5.76. The predicted molar refractivity (Wildman–Crippen MR) is 133 cm³/mol. The normalized spacial score (nSPS) is 14.7. The van der Waals surface area contributed by atoms with Crippen LogP contribution in [0.5, 0.6) is 0 Å². The van der Waals surface area contributed by atoms with Gasteiger partial charge in [-0.15, -0.1) is 5.10 Å². The monoisotopic (exact) mass is 486 g/mol. The molecule has 5 rings (SSSR count). The number of halogens is 1. The lowest BCUT2D eigenvalue weighted by atomic mass is 9.94. The Hall–Kier alpha value is -4.50. The Morgan fingerprint density at radius 2 is 1.83 bits per heavy atom. The molecule has 0 aliphatic carbocycles. The lowest BCUT2D eigenvalue weighted by Crippen LogP contribution is -2.31. The molecule has 10 heteroatoms. The summed E-state index contributed by atoms with van der Waals surface area (Å²) in [7, 11) is 0. The molecule has 1 atom stereocenters. The number of nitro groups is 1. The maximum absolute atomic E-state index is 13.5. The first-order chi connectivity index (χ1) is 16.9. The van der Waals surface area contributed by atoms with Crippen molar-refractivity contribution in [1.82, 2.24) is 14.8 Å². The number of aromatic nitrogens is 3. The summed E-state index contributed by atoms with van der Waals surface area (Å²) < 4.78 is 1.56. The Morgan fingerprint density at radius 1 is 1.09 bits per heavy atom. The molecule has 9 nitrogen and oxygen atoms in total. The minimum Gasteiger partial charge on any atom is -0.328 e. The van der Waals surface area contributed by atoms with Crippen molar-refractivity contribution < 1.29 is 9.72 Å². The number of nitro benzene ring substituents is 1. The number of amides is 1. The molecule has 1 aliphatic heterocycles. The van der Waals surface area contributed by atoms with Gasteiger partial charge in [-0.25, -0.2) is 4.68 Å². The number of nitrogens with one attached hydrogen (secondary N) is 2. The number of benzene rings is 3. The highest BCUT2D eigenvalue weighted by Gasteiger charge is 2.35. The van der Waals surface area contributed by atoms with Crippen LogP contribution in [0.2, 0.25) is 5.02 Å². The largest absolute Gasteiger partial charge is 0.328 e. The van der Waals surface area contributed by atoms with E-state index in [9.17, 15) is 14.9 Å². The van der Waals surface area contributed by atoms with Crippen LogP contribution < -0.4 is 10.6 Å². The molecule has 1 unspecified atom stereocenters. The Bertz CT molecular complexity index is 1480. The van der Waals surface area contributed by atoms with Crippen LogP contribution >= 0.6 is 11.6 Å². The van der Waals surface area contributed by atoms with Gasteiger partial charge in [0.25, 0.3) is 11.6 Å². The number of nitrogens with zero attached hydrogens (tertiary/aromatic N) is 4. The first-order valence-electron chi connectivity index (χ1n) is 10.7. The van der Waals surface area contributed by atoms with Gasteiger partial charge in [0.15, 0.2) is 5.82 Å². The minimum atomic E-state index is -0.765. The second-order valence-electron chi connectivity index (χ2n) is 7.92. The highest BCUT2D eigenvalue weighted by Crippen LogP contribution is 2.38. The number of non-ortho nitro benzene ring substituents is 1. The summed E-state index contributed by atoms with van der Waals surface area (Å²) in [4.78, 5) is 29.1. The van der Waals surface area contributed by atoms with Crippen molar-refractivity contribution in [2.75, 3.05) is 10.6 Å². The number of rotatable bonds is 5. The highest BCUT2D eigenvalue weighted by molar-refractivity contribution is 6.33. The molecule has 0 saturated heterocycles. The third-order valence-electron chi connectivity index (χ3n) is 5.64. The molecule has 1 amide bonds. The zero-order chi connectivity index (χ0) is 24.5. The third kappa shape index (κ3) is 4.24. The van der Waals surface area contributed by atoms with Crippen LogP contribution in [0.3, 0.4) is 0 Å². The summed E-state index contributed by atoms with van der Waals surface area (Å²) in [6.45, 7) is 1.76. The molecule has 3 aromatic carbocycles. The number of fused-ring (bicyclic) bond motifs is 1. The fourth-order valence-electron chi connectivity index (χ4n) is 4.04. The molecule has 35 heavy (non-hydrogen) atoms. The van der Waals surface area contributed by atoms with E-state index in [0.717, 1.165) is 0 Å². The fourth-order valence-corrected chi connectivity index (χ4v) is 4.26. The number of hydrogen-bond donors (Lipinski definition) is 2. The smallest absolute Gasteiger partial charge is 0.269 e. The minimum absolute atomic E-state index is 0.0884. The number of carbonyl (C=O) groups excluding carboxylic acids is 1. The molecule has 2 N–H and O–H groups in total. The average Bonchev–Trinajstić information content (AvgIpc) is 3.27. The van der Waals surface area contributed by atoms with Gasteiger partial charge in [-0.1, -0.05) is 54.1 Å². The van der Waals surface area contributed by atoms with E-state index in [2.05, 4.69) is 20.7 Å². The summed E-state index contributed by atoms with van der Waals surface area (Å²) >= 11 is 6.37. The number of allylic oxidation sites excluding steroid dienone is 1. The molecular formula is C25H19ClN6O3. The zero-order valence-electron chi connectivity index (χ0n) is 18.5. The van der Waals surface area contributed by atoms with Gasteiger partial charge in [-0.2, -0.15) is 4.98 Å². The van der Waals surface area contributed by atoms with E-state index in [1.165, 1.54) is 12.1 Å². The number of anilines is 2. The Labute approximate surface area is 205 Å². The van der Waals surface area contributed by atoms with Gasteiger partial charge in [0.1, 0.15) is 6.04 Å². The number of para-hydroxylation sites is 1. The first-order valence-corrected chi connectivity index (χ1v) is 11.1. The molecule has 0 fully saturated rings. The van der Waals surface area contributed by atoms with Crippen molar-refractivity contribution in [3.05, 3.63) is 111 Å². The van der Waals surface area contributed by atoms with E-state index in [1.807, 2.05) is 30.3 Å². The van der Waals surface area contributed by atoms with Crippen LogP contribution in [0, 0.1) is 10.1 Å². The Morgan fingerprint density at radius 3 is 2.57 bits per heavy atom.